The minimum Gasteiger partial charge on any atom is -0.496 e. The Balaban J connectivity index is 1.57. The summed E-state index contributed by atoms with van der Waals surface area (Å²) in [5.41, 5.74) is 4.65. The van der Waals surface area contributed by atoms with Crippen LogP contribution in [0.15, 0.2) is 65.1 Å². The summed E-state index contributed by atoms with van der Waals surface area (Å²) < 4.78 is 43.7. The zero-order valence-corrected chi connectivity index (χ0v) is 21.4. The van der Waals surface area contributed by atoms with Gasteiger partial charge in [-0.25, -0.2) is 4.39 Å². The van der Waals surface area contributed by atoms with Gasteiger partial charge >= 0.3 is 0 Å². The Labute approximate surface area is 213 Å². The number of hydrogen-bond acceptors (Lipinski definition) is 5. The molecule has 0 amide bonds. The molecule has 0 unspecified atom stereocenters. The molecule has 0 aromatic heterocycles. The van der Waals surface area contributed by atoms with Crippen LogP contribution in [0.5, 0.6) is 17.2 Å². The summed E-state index contributed by atoms with van der Waals surface area (Å²) in [6.45, 7) is 1.41. The Kier molecular flexibility index (Phi) is 8.79. The molecule has 1 aliphatic rings. The molecule has 3 aromatic carbocycles. The summed E-state index contributed by atoms with van der Waals surface area (Å²) in [6, 6.07) is 18.7. The first-order valence-electron chi connectivity index (χ1n) is 11.4. The van der Waals surface area contributed by atoms with Crippen LogP contribution in [0.4, 0.5) is 4.39 Å². The number of fused-ring (bicyclic) bond motifs is 1. The maximum Gasteiger partial charge on any atom is 0.189 e. The van der Waals surface area contributed by atoms with Crippen molar-refractivity contribution in [1.29, 1.82) is 0 Å². The molecule has 0 radical (unpaired) electrons. The van der Waals surface area contributed by atoms with Crippen LogP contribution in [-0.4, -0.2) is 34.2 Å². The molecule has 0 atom stereocenters. The average molecular weight is 543 g/mol. The van der Waals surface area contributed by atoms with Gasteiger partial charge in [-0.1, -0.05) is 52.3 Å². The van der Waals surface area contributed by atoms with Crippen LogP contribution in [-0.2, 0) is 22.5 Å². The molecular formula is C28H28BrFO5. The number of allylic oxidation sites excluding steroid dienone is 1. The SMILES string of the molecule is COCCOCOc1ccc2c(c1)CCC(Br)=C2c1cc(F)c(OCc2ccccc2)cc1OC. The van der Waals surface area contributed by atoms with E-state index in [1.165, 1.54) is 6.07 Å². The van der Waals surface area contributed by atoms with Crippen molar-refractivity contribution in [3.8, 4) is 17.2 Å². The molecule has 0 bridgehead atoms. The molecule has 0 saturated carbocycles. The van der Waals surface area contributed by atoms with E-state index in [4.69, 9.17) is 23.7 Å². The Bertz CT molecular complexity index is 1180. The van der Waals surface area contributed by atoms with Gasteiger partial charge in [0.1, 0.15) is 18.1 Å². The van der Waals surface area contributed by atoms with E-state index in [0.717, 1.165) is 45.3 Å². The number of methoxy groups -OCH3 is 2. The van der Waals surface area contributed by atoms with Crippen molar-refractivity contribution in [2.75, 3.05) is 34.2 Å². The fourth-order valence-corrected chi connectivity index (χ4v) is 4.60. The molecule has 0 N–H and O–H groups in total. The molecule has 0 saturated heterocycles. The molecule has 5 nitrogen and oxygen atoms in total. The summed E-state index contributed by atoms with van der Waals surface area (Å²) in [5, 5.41) is 0. The molecule has 7 heteroatoms. The maximum absolute atomic E-state index is 15.2. The summed E-state index contributed by atoms with van der Waals surface area (Å²) in [4.78, 5) is 0. The lowest BCUT2D eigenvalue weighted by molar-refractivity contribution is -0.00850. The second kappa shape index (κ2) is 12.2. The van der Waals surface area contributed by atoms with Gasteiger partial charge in [-0.3, -0.25) is 0 Å². The number of halogens is 2. The fourth-order valence-electron chi connectivity index (χ4n) is 3.97. The van der Waals surface area contributed by atoms with Gasteiger partial charge in [-0.05, 0) is 47.7 Å². The lowest BCUT2D eigenvalue weighted by Gasteiger charge is -2.24. The second-order valence-corrected chi connectivity index (χ2v) is 8.98. The van der Waals surface area contributed by atoms with Crippen LogP contribution < -0.4 is 14.2 Å². The number of ether oxygens (including phenoxy) is 5. The molecule has 0 heterocycles. The number of rotatable bonds is 11. The normalized spacial score (nSPS) is 12.9. The minimum absolute atomic E-state index is 0.151. The molecule has 0 spiro atoms. The molecule has 0 aliphatic heterocycles. The number of hydrogen-bond donors (Lipinski definition) is 0. The Morgan fingerprint density at radius 2 is 1.69 bits per heavy atom. The summed E-state index contributed by atoms with van der Waals surface area (Å²) in [5.74, 6) is 0.978. The molecule has 4 rings (SSSR count). The van der Waals surface area contributed by atoms with Crippen molar-refractivity contribution in [2.45, 2.75) is 19.4 Å². The molecule has 1 aliphatic carbocycles. The molecule has 3 aromatic rings. The smallest absolute Gasteiger partial charge is 0.189 e. The molecule has 35 heavy (non-hydrogen) atoms. The average Bonchev–Trinajstić information content (AvgIpc) is 2.88. The van der Waals surface area contributed by atoms with Crippen LogP contribution in [0, 0.1) is 5.82 Å². The molecule has 0 fully saturated rings. The monoisotopic (exact) mass is 542 g/mol. The first kappa shape index (κ1) is 25.2. The van der Waals surface area contributed by atoms with Crippen molar-refractivity contribution in [1.82, 2.24) is 0 Å². The fraction of sp³-hybridized carbons (Fsp3) is 0.286. The summed E-state index contributed by atoms with van der Waals surface area (Å²) >= 11 is 3.72. The summed E-state index contributed by atoms with van der Waals surface area (Å²) in [7, 11) is 3.21. The highest BCUT2D eigenvalue weighted by molar-refractivity contribution is 9.11. The van der Waals surface area contributed by atoms with Crippen LogP contribution in [0.1, 0.15) is 28.7 Å². The lowest BCUT2D eigenvalue weighted by Crippen LogP contribution is -2.09. The lowest BCUT2D eigenvalue weighted by atomic mass is 9.86. The van der Waals surface area contributed by atoms with Gasteiger partial charge in [0, 0.05) is 28.8 Å². The third kappa shape index (κ3) is 6.23. The Hall–Kier alpha value is -2.87. The predicted octanol–water partition coefficient (Wildman–Crippen LogP) is 6.51. The third-order valence-electron chi connectivity index (χ3n) is 5.73. The first-order valence-corrected chi connectivity index (χ1v) is 12.2. The Morgan fingerprint density at radius 1 is 0.857 bits per heavy atom. The molecule has 184 valence electrons. The van der Waals surface area contributed by atoms with Crippen molar-refractivity contribution >= 4 is 21.5 Å². The van der Waals surface area contributed by atoms with E-state index in [9.17, 15) is 0 Å². The van der Waals surface area contributed by atoms with E-state index in [0.29, 0.717) is 24.5 Å². The predicted molar refractivity (Wildman–Crippen MR) is 137 cm³/mol. The van der Waals surface area contributed by atoms with Gasteiger partial charge in [0.05, 0.1) is 20.3 Å². The highest BCUT2D eigenvalue weighted by Crippen LogP contribution is 2.44. The standard InChI is InChI=1S/C28H28BrFO5/c1-31-12-13-33-18-35-21-9-10-22-20(14-21)8-11-24(29)28(22)23-15-25(30)27(16-26(23)32-2)34-17-19-6-4-3-5-7-19/h3-7,9-10,14-16H,8,11-13,17-18H2,1-2H3. The number of aryl methyl sites for hydroxylation is 1. The second-order valence-electron chi connectivity index (χ2n) is 8.02. The van der Waals surface area contributed by atoms with E-state index in [1.807, 2.05) is 48.5 Å². The van der Waals surface area contributed by atoms with Crippen molar-refractivity contribution in [2.24, 2.45) is 0 Å². The first-order chi connectivity index (χ1) is 17.1. The number of benzene rings is 3. The topological polar surface area (TPSA) is 46.2 Å². The van der Waals surface area contributed by atoms with Gasteiger partial charge in [0.2, 0.25) is 0 Å². The van der Waals surface area contributed by atoms with Gasteiger partial charge < -0.3 is 23.7 Å². The highest BCUT2D eigenvalue weighted by atomic mass is 79.9. The van der Waals surface area contributed by atoms with Crippen LogP contribution in [0.25, 0.3) is 5.57 Å². The van der Waals surface area contributed by atoms with Crippen LogP contribution >= 0.6 is 15.9 Å². The maximum atomic E-state index is 15.2. The zero-order chi connectivity index (χ0) is 24.6. The largest absolute Gasteiger partial charge is 0.496 e. The van der Waals surface area contributed by atoms with Crippen molar-refractivity contribution in [3.05, 3.63) is 93.2 Å². The quantitative estimate of drug-likeness (QED) is 0.204. The van der Waals surface area contributed by atoms with E-state index >= 15 is 4.39 Å². The van der Waals surface area contributed by atoms with Crippen molar-refractivity contribution < 1.29 is 28.1 Å². The van der Waals surface area contributed by atoms with Gasteiger partial charge in [0.25, 0.3) is 0 Å². The van der Waals surface area contributed by atoms with Crippen LogP contribution in [0.2, 0.25) is 0 Å². The van der Waals surface area contributed by atoms with Gasteiger partial charge in [-0.2, -0.15) is 0 Å². The van der Waals surface area contributed by atoms with Crippen LogP contribution in [0.3, 0.4) is 0 Å². The zero-order valence-electron chi connectivity index (χ0n) is 19.8. The summed E-state index contributed by atoms with van der Waals surface area (Å²) in [6.07, 6.45) is 1.62. The van der Waals surface area contributed by atoms with Crippen molar-refractivity contribution in [3.63, 3.8) is 0 Å². The van der Waals surface area contributed by atoms with Gasteiger partial charge in [0.15, 0.2) is 18.4 Å². The van der Waals surface area contributed by atoms with E-state index < -0.39 is 5.82 Å². The van der Waals surface area contributed by atoms with E-state index in [1.54, 1.807) is 20.3 Å². The van der Waals surface area contributed by atoms with Gasteiger partial charge in [-0.15, -0.1) is 0 Å². The van der Waals surface area contributed by atoms with E-state index in [2.05, 4.69) is 15.9 Å². The van der Waals surface area contributed by atoms with E-state index in [-0.39, 0.29) is 19.1 Å². The highest BCUT2D eigenvalue weighted by Gasteiger charge is 2.24. The molecular weight excluding hydrogens is 515 g/mol. The minimum atomic E-state index is -0.440. The Morgan fingerprint density at radius 3 is 2.46 bits per heavy atom. The third-order valence-corrected chi connectivity index (χ3v) is 6.53.